The lowest BCUT2D eigenvalue weighted by Gasteiger charge is -2.12. The third-order valence-corrected chi connectivity index (χ3v) is 3.19. The highest BCUT2D eigenvalue weighted by Gasteiger charge is 2.20. The van der Waals surface area contributed by atoms with E-state index in [0.29, 0.717) is 5.56 Å². The van der Waals surface area contributed by atoms with Crippen LogP contribution in [-0.2, 0) is 6.42 Å². The van der Waals surface area contributed by atoms with Gasteiger partial charge in [-0.1, -0.05) is 12.1 Å². The van der Waals surface area contributed by atoms with Crippen molar-refractivity contribution in [2.45, 2.75) is 11.8 Å². The third-order valence-electron chi connectivity index (χ3n) is 2.80. The second-order valence-corrected chi connectivity index (χ2v) is 4.71. The molecule has 2 aromatic carbocycles. The standard InChI is InChI=1S/C14H8ClF5/c15-9(5-7-1-3-10(16)12(18)6-7)8-2-4-11(17)14(20)13(8)19/h1-4,6,9H,5H2. The fourth-order valence-corrected chi connectivity index (χ4v) is 2.11. The number of halogens is 6. The Morgan fingerprint density at radius 2 is 1.45 bits per heavy atom. The monoisotopic (exact) mass is 306 g/mol. The van der Waals surface area contributed by atoms with Gasteiger partial charge >= 0.3 is 0 Å². The molecule has 0 nitrogen and oxygen atoms in total. The van der Waals surface area contributed by atoms with Crippen LogP contribution in [0.3, 0.4) is 0 Å². The quantitative estimate of drug-likeness (QED) is 0.429. The van der Waals surface area contributed by atoms with E-state index in [9.17, 15) is 22.0 Å². The van der Waals surface area contributed by atoms with Gasteiger partial charge in [0, 0.05) is 5.56 Å². The Morgan fingerprint density at radius 3 is 2.10 bits per heavy atom. The van der Waals surface area contributed by atoms with Crippen LogP contribution in [0.2, 0.25) is 0 Å². The van der Waals surface area contributed by atoms with Crippen molar-refractivity contribution in [2.75, 3.05) is 0 Å². The van der Waals surface area contributed by atoms with Gasteiger partial charge in [-0.25, -0.2) is 22.0 Å². The highest BCUT2D eigenvalue weighted by Crippen LogP contribution is 2.29. The first-order valence-electron chi connectivity index (χ1n) is 5.61. The predicted molar refractivity (Wildman–Crippen MR) is 65.0 cm³/mol. The number of rotatable bonds is 3. The van der Waals surface area contributed by atoms with Crippen molar-refractivity contribution in [3.8, 4) is 0 Å². The van der Waals surface area contributed by atoms with Gasteiger partial charge in [-0.3, -0.25) is 0 Å². The summed E-state index contributed by atoms with van der Waals surface area (Å²) in [4.78, 5) is 0. The lowest BCUT2D eigenvalue weighted by Crippen LogP contribution is -2.03. The Morgan fingerprint density at radius 1 is 0.800 bits per heavy atom. The van der Waals surface area contributed by atoms with Crippen LogP contribution in [0.5, 0.6) is 0 Å². The lowest BCUT2D eigenvalue weighted by atomic mass is 10.0. The summed E-state index contributed by atoms with van der Waals surface area (Å²) < 4.78 is 65.2. The molecule has 0 spiro atoms. The van der Waals surface area contributed by atoms with Crippen molar-refractivity contribution in [3.05, 3.63) is 70.5 Å². The smallest absolute Gasteiger partial charge is 0.194 e. The molecular weight excluding hydrogens is 299 g/mol. The van der Waals surface area contributed by atoms with E-state index in [4.69, 9.17) is 11.6 Å². The van der Waals surface area contributed by atoms with E-state index in [1.165, 1.54) is 6.07 Å². The fraction of sp³-hybridized carbons (Fsp3) is 0.143. The Kier molecular flexibility index (Phi) is 4.28. The summed E-state index contributed by atoms with van der Waals surface area (Å²) >= 11 is 5.92. The fourth-order valence-electron chi connectivity index (χ4n) is 1.77. The Labute approximate surface area is 116 Å². The van der Waals surface area contributed by atoms with E-state index < -0.39 is 34.5 Å². The van der Waals surface area contributed by atoms with Gasteiger partial charge in [0.15, 0.2) is 29.1 Å². The molecule has 0 aliphatic rings. The summed E-state index contributed by atoms with van der Waals surface area (Å²) in [5, 5.41) is -1.03. The molecule has 0 radical (unpaired) electrons. The van der Waals surface area contributed by atoms with Crippen molar-refractivity contribution < 1.29 is 22.0 Å². The first kappa shape index (κ1) is 14.8. The molecule has 0 amide bonds. The molecule has 20 heavy (non-hydrogen) atoms. The van der Waals surface area contributed by atoms with Gasteiger partial charge in [-0.2, -0.15) is 0 Å². The molecule has 1 atom stereocenters. The maximum Gasteiger partial charge on any atom is 0.194 e. The van der Waals surface area contributed by atoms with Gasteiger partial charge in [-0.05, 0) is 30.2 Å². The molecule has 106 valence electrons. The molecule has 0 aromatic heterocycles. The van der Waals surface area contributed by atoms with Crippen molar-refractivity contribution in [2.24, 2.45) is 0 Å². The molecule has 0 bridgehead atoms. The molecule has 0 saturated carbocycles. The Hall–Kier alpha value is -1.62. The molecule has 6 heteroatoms. The van der Waals surface area contributed by atoms with Gasteiger partial charge in [0.2, 0.25) is 0 Å². The van der Waals surface area contributed by atoms with E-state index in [1.807, 2.05) is 0 Å². The average Bonchev–Trinajstić information content (AvgIpc) is 2.40. The third kappa shape index (κ3) is 2.93. The number of hydrogen-bond donors (Lipinski definition) is 0. The maximum atomic E-state index is 13.5. The van der Waals surface area contributed by atoms with Crippen LogP contribution in [0.15, 0.2) is 30.3 Å². The average molecular weight is 307 g/mol. The highest BCUT2D eigenvalue weighted by atomic mass is 35.5. The van der Waals surface area contributed by atoms with Crippen molar-refractivity contribution in [3.63, 3.8) is 0 Å². The van der Waals surface area contributed by atoms with E-state index in [1.54, 1.807) is 0 Å². The summed E-state index contributed by atoms with van der Waals surface area (Å²) in [6.07, 6.45) is -0.0548. The van der Waals surface area contributed by atoms with Gasteiger partial charge in [-0.15, -0.1) is 11.6 Å². The molecule has 2 aromatic rings. The van der Waals surface area contributed by atoms with Gasteiger partial charge in [0.05, 0.1) is 5.38 Å². The van der Waals surface area contributed by atoms with Crippen LogP contribution in [0.1, 0.15) is 16.5 Å². The summed E-state index contributed by atoms with van der Waals surface area (Å²) in [5.74, 6) is -6.38. The van der Waals surface area contributed by atoms with Gasteiger partial charge in [0.25, 0.3) is 0 Å². The zero-order valence-corrected chi connectivity index (χ0v) is 10.7. The van der Waals surface area contributed by atoms with Crippen LogP contribution in [0.4, 0.5) is 22.0 Å². The maximum absolute atomic E-state index is 13.5. The second-order valence-electron chi connectivity index (χ2n) is 4.18. The molecule has 0 N–H and O–H groups in total. The first-order valence-corrected chi connectivity index (χ1v) is 6.05. The molecule has 1 unspecified atom stereocenters. The number of alkyl halides is 1. The zero-order valence-electron chi connectivity index (χ0n) is 9.94. The topological polar surface area (TPSA) is 0 Å². The van der Waals surface area contributed by atoms with Crippen LogP contribution in [-0.4, -0.2) is 0 Å². The largest absolute Gasteiger partial charge is 0.204 e. The highest BCUT2D eigenvalue weighted by molar-refractivity contribution is 6.20. The van der Waals surface area contributed by atoms with E-state index in [0.717, 1.165) is 24.3 Å². The van der Waals surface area contributed by atoms with Crippen molar-refractivity contribution in [1.29, 1.82) is 0 Å². The predicted octanol–water partition coefficient (Wildman–Crippen LogP) is 4.90. The van der Waals surface area contributed by atoms with E-state index >= 15 is 0 Å². The summed E-state index contributed by atoms with van der Waals surface area (Å²) in [5.41, 5.74) is 0.0725. The summed E-state index contributed by atoms with van der Waals surface area (Å²) in [6, 6.07) is 4.89. The van der Waals surface area contributed by atoms with Gasteiger partial charge in [0.1, 0.15) is 0 Å². The molecule has 2 rings (SSSR count). The number of benzene rings is 2. The van der Waals surface area contributed by atoms with Crippen molar-refractivity contribution in [1.82, 2.24) is 0 Å². The molecule has 0 saturated heterocycles. The summed E-state index contributed by atoms with van der Waals surface area (Å²) in [7, 11) is 0. The Balaban J connectivity index is 2.26. The van der Waals surface area contributed by atoms with E-state index in [-0.39, 0.29) is 12.0 Å². The molecule has 0 fully saturated rings. The van der Waals surface area contributed by atoms with Crippen LogP contribution in [0, 0.1) is 29.1 Å². The van der Waals surface area contributed by atoms with Crippen molar-refractivity contribution >= 4 is 11.6 Å². The zero-order chi connectivity index (χ0) is 14.9. The van der Waals surface area contributed by atoms with Gasteiger partial charge < -0.3 is 0 Å². The SMILES string of the molecule is Fc1ccc(CC(Cl)c2ccc(F)c(F)c2F)cc1F. The minimum absolute atomic E-state index is 0.0548. The molecular formula is C14H8ClF5. The molecule has 0 aliphatic heterocycles. The molecule has 0 aliphatic carbocycles. The minimum Gasteiger partial charge on any atom is -0.204 e. The minimum atomic E-state index is -1.61. The Bertz CT molecular complexity index is 642. The van der Waals surface area contributed by atoms with E-state index in [2.05, 4.69) is 0 Å². The first-order chi connectivity index (χ1) is 9.40. The summed E-state index contributed by atoms with van der Waals surface area (Å²) in [6.45, 7) is 0. The second kappa shape index (κ2) is 5.79. The van der Waals surface area contributed by atoms with Crippen LogP contribution in [0.25, 0.3) is 0 Å². The lowest BCUT2D eigenvalue weighted by molar-refractivity contribution is 0.440. The molecule has 0 heterocycles. The van der Waals surface area contributed by atoms with Crippen LogP contribution >= 0.6 is 11.6 Å². The number of hydrogen-bond acceptors (Lipinski definition) is 0. The van der Waals surface area contributed by atoms with Crippen LogP contribution < -0.4 is 0 Å². The normalized spacial score (nSPS) is 12.5.